The number of piperidine rings is 1. The molecule has 3 fully saturated rings. The van der Waals surface area contributed by atoms with Gasteiger partial charge in [-0.05, 0) is 78.8 Å². The summed E-state index contributed by atoms with van der Waals surface area (Å²) in [6, 6.07) is 22.3. The summed E-state index contributed by atoms with van der Waals surface area (Å²) in [5, 5.41) is 21.7. The molecule has 2 aromatic heterocycles. The van der Waals surface area contributed by atoms with Crippen LogP contribution in [-0.4, -0.2) is 53.4 Å². The maximum absolute atomic E-state index is 9.22. The van der Waals surface area contributed by atoms with Crippen molar-refractivity contribution in [1.29, 1.82) is 5.26 Å². The smallest absolute Gasteiger partial charge is 0.129 e. The number of hydrogen-bond donors (Lipinski definition) is 2. The van der Waals surface area contributed by atoms with Crippen LogP contribution in [-0.2, 0) is 0 Å². The first-order valence-electron chi connectivity index (χ1n) is 14.4. The first kappa shape index (κ1) is 24.2. The molecule has 7 heteroatoms. The van der Waals surface area contributed by atoms with Crippen molar-refractivity contribution in [3.63, 3.8) is 0 Å². The van der Waals surface area contributed by atoms with Crippen molar-refractivity contribution in [1.82, 2.24) is 20.5 Å². The standard InChI is InChI=1S/C32H35N7/c33-17-22-5-9-28(10-6-22)38-14-12-31-27(20-38)18-35-29-4-2-1-3-26(29)21-39(31)32-16-24(11-13-34-32)23-7-8-25-19-36-37-30(25)15-23/h5-11,13,15-16,19,26-27,29,31,35H,1-4,12,14,18,20-21H2,(H,36,37). The highest BCUT2D eigenvalue weighted by Crippen LogP contribution is 2.36. The number of hydrogen-bond acceptors (Lipinski definition) is 6. The fourth-order valence-electron chi connectivity index (χ4n) is 7.13. The molecule has 1 saturated carbocycles. The van der Waals surface area contributed by atoms with Crippen LogP contribution in [0.15, 0.2) is 67.0 Å². The molecule has 7 rings (SSSR count). The topological polar surface area (TPSA) is 83.9 Å². The number of pyridine rings is 1. The third-order valence-electron chi connectivity index (χ3n) is 9.25. The molecule has 2 saturated heterocycles. The number of aromatic nitrogens is 3. The molecule has 39 heavy (non-hydrogen) atoms. The molecule has 4 atom stereocenters. The Hall–Kier alpha value is -3.89. The lowest BCUT2D eigenvalue weighted by molar-refractivity contribution is 0.202. The first-order valence-corrected chi connectivity index (χ1v) is 14.4. The monoisotopic (exact) mass is 517 g/mol. The number of fused-ring (bicyclic) bond motifs is 3. The normalized spacial score (nSPS) is 25.3. The third-order valence-corrected chi connectivity index (χ3v) is 9.25. The van der Waals surface area contributed by atoms with E-state index in [1.165, 1.54) is 42.5 Å². The molecule has 3 aliphatic rings. The molecule has 2 aromatic carbocycles. The van der Waals surface area contributed by atoms with Gasteiger partial charge in [-0.2, -0.15) is 10.4 Å². The zero-order valence-electron chi connectivity index (χ0n) is 22.3. The molecule has 2 N–H and O–H groups in total. The Labute approximate surface area is 229 Å². The Morgan fingerprint density at radius 2 is 1.77 bits per heavy atom. The largest absolute Gasteiger partial charge is 0.371 e. The molecule has 0 amide bonds. The minimum absolute atomic E-state index is 0.438. The van der Waals surface area contributed by atoms with Crippen LogP contribution in [0.1, 0.15) is 37.7 Å². The predicted molar refractivity (Wildman–Crippen MR) is 156 cm³/mol. The second-order valence-electron chi connectivity index (χ2n) is 11.5. The van der Waals surface area contributed by atoms with Crippen molar-refractivity contribution in [3.05, 3.63) is 72.6 Å². The Balaban J connectivity index is 1.21. The van der Waals surface area contributed by atoms with Crippen molar-refractivity contribution in [2.45, 2.75) is 44.2 Å². The van der Waals surface area contributed by atoms with E-state index in [1.54, 1.807) is 0 Å². The van der Waals surface area contributed by atoms with Gasteiger partial charge in [0.1, 0.15) is 5.82 Å². The molecule has 4 unspecified atom stereocenters. The second kappa shape index (κ2) is 10.3. The van der Waals surface area contributed by atoms with Gasteiger partial charge < -0.3 is 15.1 Å². The zero-order chi connectivity index (χ0) is 26.2. The van der Waals surface area contributed by atoms with Crippen LogP contribution < -0.4 is 15.1 Å². The van der Waals surface area contributed by atoms with Gasteiger partial charge >= 0.3 is 0 Å². The average molecular weight is 518 g/mol. The zero-order valence-corrected chi connectivity index (χ0v) is 22.3. The highest BCUT2D eigenvalue weighted by atomic mass is 15.3. The molecule has 1 aliphatic carbocycles. The maximum atomic E-state index is 9.22. The Morgan fingerprint density at radius 1 is 0.897 bits per heavy atom. The van der Waals surface area contributed by atoms with Crippen molar-refractivity contribution < 1.29 is 0 Å². The number of nitriles is 1. The Bertz CT molecular complexity index is 1490. The fourth-order valence-corrected chi connectivity index (χ4v) is 7.13. The van der Waals surface area contributed by atoms with Crippen LogP contribution in [0.2, 0.25) is 0 Å². The van der Waals surface area contributed by atoms with Crippen LogP contribution in [0, 0.1) is 23.2 Å². The summed E-state index contributed by atoms with van der Waals surface area (Å²) in [7, 11) is 0. The van der Waals surface area contributed by atoms with Crippen molar-refractivity contribution in [2.24, 2.45) is 11.8 Å². The van der Waals surface area contributed by atoms with E-state index in [0.717, 1.165) is 49.3 Å². The highest BCUT2D eigenvalue weighted by Gasteiger charge is 2.39. The highest BCUT2D eigenvalue weighted by molar-refractivity contribution is 5.84. The maximum Gasteiger partial charge on any atom is 0.129 e. The lowest BCUT2D eigenvalue weighted by atomic mass is 9.80. The lowest BCUT2D eigenvalue weighted by Gasteiger charge is -2.50. The summed E-state index contributed by atoms with van der Waals surface area (Å²) in [6.07, 6.45) is 10.2. The fraction of sp³-hybridized carbons (Fsp3) is 0.406. The molecule has 0 bridgehead atoms. The van der Waals surface area contributed by atoms with Gasteiger partial charge in [-0.1, -0.05) is 25.0 Å². The summed E-state index contributed by atoms with van der Waals surface area (Å²) in [6.45, 7) is 4.11. The van der Waals surface area contributed by atoms with E-state index < -0.39 is 0 Å². The molecule has 2 aliphatic heterocycles. The number of benzene rings is 2. The molecular weight excluding hydrogens is 482 g/mol. The molecule has 198 valence electrons. The van der Waals surface area contributed by atoms with Crippen LogP contribution in [0.5, 0.6) is 0 Å². The number of nitrogens with zero attached hydrogens (tertiary/aromatic N) is 5. The summed E-state index contributed by atoms with van der Waals surface area (Å²) < 4.78 is 0. The Kier molecular flexibility index (Phi) is 6.41. The van der Waals surface area contributed by atoms with E-state index in [4.69, 9.17) is 4.98 Å². The SMILES string of the molecule is N#Cc1ccc(N2CCC3C(CNC4CCCCC4CN3c3cc(-c4ccc5cn[nH]c5c4)ccn3)C2)cc1. The van der Waals surface area contributed by atoms with Gasteiger partial charge in [-0.25, -0.2) is 4.98 Å². The van der Waals surface area contributed by atoms with Crippen LogP contribution in [0.4, 0.5) is 11.5 Å². The average Bonchev–Trinajstić information content (AvgIpc) is 3.46. The van der Waals surface area contributed by atoms with Crippen molar-refractivity contribution >= 4 is 22.4 Å². The van der Waals surface area contributed by atoms with E-state index in [2.05, 4.69) is 73.8 Å². The molecule has 0 spiro atoms. The molecule has 4 heterocycles. The molecule has 4 aromatic rings. The first-order chi connectivity index (χ1) is 19.2. The van der Waals surface area contributed by atoms with Gasteiger partial charge in [0, 0.05) is 61.5 Å². The van der Waals surface area contributed by atoms with Crippen LogP contribution >= 0.6 is 0 Å². The van der Waals surface area contributed by atoms with E-state index in [9.17, 15) is 5.26 Å². The lowest BCUT2D eigenvalue weighted by Crippen LogP contribution is -2.60. The van der Waals surface area contributed by atoms with E-state index in [0.29, 0.717) is 29.5 Å². The minimum atomic E-state index is 0.438. The van der Waals surface area contributed by atoms with E-state index in [-0.39, 0.29) is 0 Å². The second-order valence-corrected chi connectivity index (χ2v) is 11.5. The molecule has 0 radical (unpaired) electrons. The number of anilines is 2. The summed E-state index contributed by atoms with van der Waals surface area (Å²) in [4.78, 5) is 10.2. The minimum Gasteiger partial charge on any atom is -0.371 e. The number of H-pyrrole nitrogens is 1. The predicted octanol–water partition coefficient (Wildman–Crippen LogP) is 5.36. The quantitative estimate of drug-likeness (QED) is 0.381. The van der Waals surface area contributed by atoms with Gasteiger partial charge in [-0.3, -0.25) is 5.10 Å². The summed E-state index contributed by atoms with van der Waals surface area (Å²) in [5.74, 6) is 2.25. The van der Waals surface area contributed by atoms with Gasteiger partial charge in [0.15, 0.2) is 0 Å². The summed E-state index contributed by atoms with van der Waals surface area (Å²) in [5.41, 5.74) is 5.37. The number of aromatic amines is 1. The van der Waals surface area contributed by atoms with E-state index >= 15 is 0 Å². The van der Waals surface area contributed by atoms with Gasteiger partial charge in [0.25, 0.3) is 0 Å². The number of rotatable bonds is 3. The van der Waals surface area contributed by atoms with Crippen molar-refractivity contribution in [2.75, 3.05) is 36.0 Å². The summed E-state index contributed by atoms with van der Waals surface area (Å²) >= 11 is 0. The molecule has 7 nitrogen and oxygen atoms in total. The Morgan fingerprint density at radius 3 is 2.67 bits per heavy atom. The van der Waals surface area contributed by atoms with Crippen molar-refractivity contribution in [3.8, 4) is 17.2 Å². The van der Waals surface area contributed by atoms with Crippen LogP contribution in [0.25, 0.3) is 22.0 Å². The van der Waals surface area contributed by atoms with E-state index in [1.807, 2.05) is 24.5 Å². The number of nitrogens with one attached hydrogen (secondary N) is 2. The van der Waals surface area contributed by atoms with Gasteiger partial charge in [-0.15, -0.1) is 0 Å². The van der Waals surface area contributed by atoms with Gasteiger partial charge in [0.05, 0.1) is 23.3 Å². The van der Waals surface area contributed by atoms with Gasteiger partial charge in [0.2, 0.25) is 0 Å². The van der Waals surface area contributed by atoms with Crippen LogP contribution in [0.3, 0.4) is 0 Å². The third kappa shape index (κ3) is 4.74. The molecular formula is C32H35N7.